The molecular formula is C50H64N10O7S. The molecule has 9 rings (SSSR count). The molecule has 0 bridgehead atoms. The van der Waals surface area contributed by atoms with Gasteiger partial charge >= 0.3 is 0 Å². The first-order chi connectivity index (χ1) is 33.0. The quantitative estimate of drug-likeness (QED) is 0.103. The Morgan fingerprint density at radius 3 is 2.37 bits per heavy atom. The van der Waals surface area contributed by atoms with Crippen molar-refractivity contribution in [2.75, 3.05) is 96.6 Å². The van der Waals surface area contributed by atoms with E-state index in [2.05, 4.69) is 53.8 Å². The van der Waals surface area contributed by atoms with Gasteiger partial charge in [-0.25, -0.2) is 19.9 Å². The van der Waals surface area contributed by atoms with E-state index in [1.165, 1.54) is 10.9 Å². The van der Waals surface area contributed by atoms with Gasteiger partial charge in [-0.1, -0.05) is 32.0 Å². The second kappa shape index (κ2) is 21.4. The average molecular weight is 949 g/mol. The summed E-state index contributed by atoms with van der Waals surface area (Å²) < 4.78 is 17.9. The second-order valence-electron chi connectivity index (χ2n) is 18.8. The van der Waals surface area contributed by atoms with E-state index in [0.29, 0.717) is 57.5 Å². The number of nitrogens with two attached hydrogens (primary N) is 1. The number of fused-ring (bicyclic) bond motifs is 2. The smallest absolute Gasteiger partial charge is 0.258 e. The molecule has 18 heteroatoms. The van der Waals surface area contributed by atoms with Crippen molar-refractivity contribution in [3.8, 4) is 22.9 Å². The lowest BCUT2D eigenvalue weighted by Gasteiger charge is -2.40. The minimum Gasteiger partial charge on any atom is -0.508 e. The third kappa shape index (κ3) is 10.9. The van der Waals surface area contributed by atoms with E-state index in [1.54, 1.807) is 41.8 Å². The first kappa shape index (κ1) is 47.6. The van der Waals surface area contributed by atoms with Gasteiger partial charge in [-0.2, -0.15) is 0 Å². The number of thiophene rings is 1. The number of amides is 2. The van der Waals surface area contributed by atoms with Gasteiger partial charge in [0.15, 0.2) is 11.6 Å². The number of hydrogen-bond donors (Lipinski definition) is 3. The van der Waals surface area contributed by atoms with Crippen molar-refractivity contribution >= 4 is 45.1 Å². The Bertz CT molecular complexity index is 2550. The Hall–Kier alpha value is -5.50. The maximum atomic E-state index is 14.1. The largest absolute Gasteiger partial charge is 0.508 e. The van der Waals surface area contributed by atoms with Crippen molar-refractivity contribution in [3.05, 3.63) is 81.5 Å². The fraction of sp³-hybridized carbons (Fsp3) is 0.520. The summed E-state index contributed by atoms with van der Waals surface area (Å²) in [5.74, 6) is 1.51. The van der Waals surface area contributed by atoms with Gasteiger partial charge in [-0.15, -0.1) is 11.3 Å². The summed E-state index contributed by atoms with van der Waals surface area (Å²) in [5.41, 5.74) is 11.6. The molecule has 0 spiro atoms. The van der Waals surface area contributed by atoms with Crippen molar-refractivity contribution in [2.24, 2.45) is 5.92 Å². The van der Waals surface area contributed by atoms with Crippen LogP contribution in [0.25, 0.3) is 21.6 Å². The Labute approximate surface area is 401 Å². The molecule has 0 unspecified atom stereocenters. The van der Waals surface area contributed by atoms with Crippen LogP contribution in [-0.2, 0) is 45.2 Å². The number of piperidine rings is 2. The van der Waals surface area contributed by atoms with E-state index >= 15 is 0 Å². The van der Waals surface area contributed by atoms with Gasteiger partial charge in [0.1, 0.15) is 11.5 Å². The van der Waals surface area contributed by atoms with E-state index < -0.39 is 0 Å². The number of carbonyl (C=O) groups is 2. The maximum absolute atomic E-state index is 14.1. The molecule has 0 aliphatic carbocycles. The van der Waals surface area contributed by atoms with E-state index in [4.69, 9.17) is 29.9 Å². The van der Waals surface area contributed by atoms with Crippen LogP contribution in [0.2, 0.25) is 0 Å². The highest BCUT2D eigenvalue weighted by molar-refractivity contribution is 7.19. The molecule has 2 amide bonds. The van der Waals surface area contributed by atoms with Crippen LogP contribution in [0.15, 0.2) is 48.8 Å². The van der Waals surface area contributed by atoms with Gasteiger partial charge in [0.05, 0.1) is 54.4 Å². The number of aromatic hydroxyl groups is 2. The fourth-order valence-corrected chi connectivity index (χ4v) is 11.2. The van der Waals surface area contributed by atoms with Gasteiger partial charge in [0.25, 0.3) is 5.91 Å². The lowest BCUT2D eigenvalue weighted by Crippen LogP contribution is -2.50. The summed E-state index contributed by atoms with van der Waals surface area (Å²) in [6, 6.07) is 11.8. The molecule has 17 nitrogen and oxygen atoms in total. The number of nitrogens with zero attached hydrogens (tertiary/aromatic N) is 9. The Balaban J connectivity index is 0.796. The number of aromatic nitrogens is 4. The number of benzene rings is 2. The van der Waals surface area contributed by atoms with Crippen molar-refractivity contribution in [1.82, 2.24) is 39.5 Å². The molecular weight excluding hydrogens is 885 g/mol. The van der Waals surface area contributed by atoms with Crippen molar-refractivity contribution in [1.29, 1.82) is 0 Å². The van der Waals surface area contributed by atoms with E-state index in [0.717, 1.165) is 123 Å². The summed E-state index contributed by atoms with van der Waals surface area (Å²) in [6.45, 7) is 14.7. The van der Waals surface area contributed by atoms with Crippen LogP contribution in [0.1, 0.15) is 82.9 Å². The predicted octanol–water partition coefficient (Wildman–Crippen LogP) is 5.63. The molecule has 0 radical (unpaired) electrons. The zero-order valence-electron chi connectivity index (χ0n) is 39.4. The van der Waals surface area contributed by atoms with Crippen LogP contribution < -0.4 is 10.6 Å². The van der Waals surface area contributed by atoms with E-state index in [-0.39, 0.29) is 52.7 Å². The molecule has 5 aromatic rings. The molecule has 0 saturated carbocycles. The number of nitrogen functional groups attached to an aromatic ring is 1. The maximum Gasteiger partial charge on any atom is 0.258 e. The van der Waals surface area contributed by atoms with Gasteiger partial charge in [-0.05, 0) is 79.1 Å². The lowest BCUT2D eigenvalue weighted by molar-refractivity contribution is -0.138. The molecule has 0 atom stereocenters. The standard InChI is InChI=1S/C50H64N10O7S/c1-32(2)40-24-41(44(62)25-43(40)61)49(64)60-29-35-5-4-33(22-36(35)30-60)28-59(16-19-67-21-20-65-3)38-8-12-58(13-9-38)48(63)34-6-10-56(11-7-34)31-39-23-42-45(68-39)47(57-14-17-66-18-15-57)55-46(54-42)37-26-52-50(51)53-27-37/h4-5,22-27,32,34,38,61-62H,6-21,28-31H2,1-3H3,(H2,51,52,53). The third-order valence-corrected chi connectivity index (χ3v) is 15.0. The monoisotopic (exact) mass is 948 g/mol. The Morgan fingerprint density at radius 2 is 1.63 bits per heavy atom. The number of methoxy groups -OCH3 is 1. The van der Waals surface area contributed by atoms with E-state index in [1.807, 2.05) is 13.8 Å². The Morgan fingerprint density at radius 1 is 0.882 bits per heavy atom. The van der Waals surface area contributed by atoms with Crippen molar-refractivity contribution in [2.45, 2.75) is 77.7 Å². The number of hydrogen-bond acceptors (Lipinski definition) is 16. The number of carbonyl (C=O) groups excluding carboxylic acids is 2. The van der Waals surface area contributed by atoms with Crippen molar-refractivity contribution in [3.63, 3.8) is 0 Å². The fourth-order valence-electron chi connectivity index (χ4n) is 10.0. The van der Waals surface area contributed by atoms with Crippen LogP contribution in [0.4, 0.5) is 11.8 Å². The molecule has 3 aromatic heterocycles. The zero-order chi connectivity index (χ0) is 47.3. The number of phenolic OH excluding ortho intramolecular Hbond substituents is 2. The normalized spacial score (nSPS) is 17.5. The molecule has 3 fully saturated rings. The molecule has 3 saturated heterocycles. The van der Waals surface area contributed by atoms with Crippen molar-refractivity contribution < 1.29 is 34.0 Å². The van der Waals surface area contributed by atoms with Crippen LogP contribution in [-0.4, -0.2) is 154 Å². The zero-order valence-corrected chi connectivity index (χ0v) is 40.3. The highest BCUT2D eigenvalue weighted by Gasteiger charge is 2.34. The van der Waals surface area contributed by atoms with Gasteiger partial charge < -0.3 is 44.9 Å². The third-order valence-electron chi connectivity index (χ3n) is 13.9. The summed E-state index contributed by atoms with van der Waals surface area (Å²) in [4.78, 5) is 58.3. The van der Waals surface area contributed by atoms with Crippen LogP contribution in [0.5, 0.6) is 11.5 Å². The minimum atomic E-state index is -0.257. The predicted molar refractivity (Wildman–Crippen MR) is 260 cm³/mol. The molecule has 4 aliphatic heterocycles. The lowest BCUT2D eigenvalue weighted by atomic mass is 9.93. The number of likely N-dealkylation sites (tertiary alicyclic amines) is 2. The molecule has 2 aromatic carbocycles. The number of anilines is 2. The average Bonchev–Trinajstić information content (AvgIpc) is 3.97. The second-order valence-corrected chi connectivity index (χ2v) is 19.9. The van der Waals surface area contributed by atoms with Gasteiger partial charge in [-0.3, -0.25) is 19.4 Å². The molecule has 7 heterocycles. The first-order valence-electron chi connectivity index (χ1n) is 24.0. The SMILES string of the molecule is COCCOCCN(Cc1ccc2c(c1)CN(C(=O)c1cc(C(C)C)c(O)cc1O)C2)C1CCN(C(=O)C2CCN(Cc3cc4nc(-c5cnc(N)nc5)nc(N5CCOCC5)c4s3)CC2)CC1. The summed E-state index contributed by atoms with van der Waals surface area (Å²) in [6.07, 6.45) is 6.79. The highest BCUT2D eigenvalue weighted by Crippen LogP contribution is 2.37. The molecule has 4 N–H and O–H groups in total. The van der Waals surface area contributed by atoms with Crippen LogP contribution in [0.3, 0.4) is 0 Å². The number of rotatable bonds is 16. The summed E-state index contributed by atoms with van der Waals surface area (Å²) in [5, 5.41) is 21.0. The Kier molecular flexibility index (Phi) is 15.0. The number of ether oxygens (including phenoxy) is 3. The number of phenols is 2. The van der Waals surface area contributed by atoms with Crippen LogP contribution in [0, 0.1) is 5.92 Å². The first-order valence-corrected chi connectivity index (χ1v) is 24.8. The minimum absolute atomic E-state index is 0.00202. The van der Waals surface area contributed by atoms with Gasteiger partial charge in [0, 0.05) is 101 Å². The van der Waals surface area contributed by atoms with Gasteiger partial charge in [0.2, 0.25) is 11.9 Å². The molecule has 4 aliphatic rings. The summed E-state index contributed by atoms with van der Waals surface area (Å²) in [7, 11) is 1.67. The highest BCUT2D eigenvalue weighted by atomic mass is 32.1. The summed E-state index contributed by atoms with van der Waals surface area (Å²) >= 11 is 1.74. The topological polar surface area (TPSA) is 196 Å². The molecule has 362 valence electrons. The molecule has 68 heavy (non-hydrogen) atoms. The van der Waals surface area contributed by atoms with E-state index in [9.17, 15) is 19.8 Å². The van der Waals surface area contributed by atoms with Crippen LogP contribution >= 0.6 is 11.3 Å². The number of morpholine rings is 1.